The van der Waals surface area contributed by atoms with Crippen molar-refractivity contribution < 1.29 is 13.2 Å². The monoisotopic (exact) mass is 366 g/mol. The second kappa shape index (κ2) is 8.28. The maximum atomic E-state index is 12.0. The molecule has 1 amide bonds. The Kier molecular flexibility index (Phi) is 6.36. The van der Waals surface area contributed by atoms with Gasteiger partial charge in [-0.2, -0.15) is 0 Å². The zero-order valence-electron chi connectivity index (χ0n) is 13.3. The summed E-state index contributed by atoms with van der Waals surface area (Å²) >= 11 is 6.03. The number of benzene rings is 2. The molecule has 0 saturated heterocycles. The maximum absolute atomic E-state index is 12.0. The molecule has 7 heteroatoms. The van der Waals surface area contributed by atoms with E-state index in [0.717, 1.165) is 11.1 Å². The Bertz CT molecular complexity index is 805. The fourth-order valence-electron chi connectivity index (χ4n) is 2.12. The van der Waals surface area contributed by atoms with Crippen molar-refractivity contribution in [1.29, 1.82) is 0 Å². The SMILES string of the molecule is CNS(=O)(=O)Cc1ccc(CNC(=O)Cc2ccccc2Cl)cc1. The van der Waals surface area contributed by atoms with Gasteiger partial charge in [-0.05, 0) is 29.8 Å². The van der Waals surface area contributed by atoms with E-state index in [0.29, 0.717) is 17.1 Å². The summed E-state index contributed by atoms with van der Waals surface area (Å²) in [4.78, 5) is 12.0. The van der Waals surface area contributed by atoms with Gasteiger partial charge in [-0.15, -0.1) is 0 Å². The average molecular weight is 367 g/mol. The Labute approximate surface area is 147 Å². The number of nitrogens with one attached hydrogen (secondary N) is 2. The topological polar surface area (TPSA) is 75.3 Å². The number of carbonyl (C=O) groups is 1. The second-order valence-corrected chi connectivity index (χ2v) is 7.66. The van der Waals surface area contributed by atoms with Crippen molar-refractivity contribution in [3.8, 4) is 0 Å². The molecule has 0 heterocycles. The number of carbonyl (C=O) groups excluding carboxylic acids is 1. The van der Waals surface area contributed by atoms with E-state index in [9.17, 15) is 13.2 Å². The van der Waals surface area contributed by atoms with Crippen LogP contribution in [0.4, 0.5) is 0 Å². The third kappa shape index (κ3) is 5.63. The lowest BCUT2D eigenvalue weighted by Crippen LogP contribution is -2.24. The van der Waals surface area contributed by atoms with Crippen molar-refractivity contribution in [2.45, 2.75) is 18.7 Å². The number of hydrogen-bond donors (Lipinski definition) is 2. The first-order valence-electron chi connectivity index (χ1n) is 7.39. The van der Waals surface area contributed by atoms with Crippen LogP contribution in [0.5, 0.6) is 0 Å². The van der Waals surface area contributed by atoms with Crippen LogP contribution in [-0.2, 0) is 33.5 Å². The molecule has 0 fully saturated rings. The number of hydrogen-bond acceptors (Lipinski definition) is 3. The fourth-order valence-corrected chi connectivity index (χ4v) is 3.10. The molecule has 24 heavy (non-hydrogen) atoms. The molecule has 2 rings (SSSR count). The number of rotatable bonds is 7. The highest BCUT2D eigenvalue weighted by Gasteiger charge is 2.09. The Morgan fingerprint density at radius 2 is 1.67 bits per heavy atom. The minimum Gasteiger partial charge on any atom is -0.352 e. The summed E-state index contributed by atoms with van der Waals surface area (Å²) in [6.07, 6.45) is 0.220. The largest absolute Gasteiger partial charge is 0.352 e. The fraction of sp³-hybridized carbons (Fsp3) is 0.235. The van der Waals surface area contributed by atoms with Crippen molar-refractivity contribution in [3.05, 3.63) is 70.2 Å². The normalized spacial score (nSPS) is 11.2. The van der Waals surface area contributed by atoms with E-state index in [4.69, 9.17) is 11.6 Å². The van der Waals surface area contributed by atoms with Crippen LogP contribution >= 0.6 is 11.6 Å². The summed E-state index contributed by atoms with van der Waals surface area (Å²) in [7, 11) is -1.89. The molecule has 2 aromatic carbocycles. The molecule has 0 bridgehead atoms. The van der Waals surface area contributed by atoms with E-state index in [1.807, 2.05) is 18.2 Å². The van der Waals surface area contributed by atoms with Crippen LogP contribution in [-0.4, -0.2) is 21.4 Å². The van der Waals surface area contributed by atoms with Crippen LogP contribution in [0.3, 0.4) is 0 Å². The van der Waals surface area contributed by atoms with E-state index in [-0.39, 0.29) is 18.1 Å². The van der Waals surface area contributed by atoms with Crippen LogP contribution in [0.2, 0.25) is 5.02 Å². The van der Waals surface area contributed by atoms with Gasteiger partial charge in [0.1, 0.15) is 0 Å². The first kappa shape index (κ1) is 18.4. The Morgan fingerprint density at radius 1 is 1.04 bits per heavy atom. The summed E-state index contributed by atoms with van der Waals surface area (Å²) in [5.41, 5.74) is 2.37. The van der Waals surface area contributed by atoms with Gasteiger partial charge in [0.25, 0.3) is 0 Å². The van der Waals surface area contributed by atoms with Crippen molar-refractivity contribution >= 4 is 27.5 Å². The molecule has 2 aromatic rings. The number of sulfonamides is 1. The smallest absolute Gasteiger partial charge is 0.224 e. The van der Waals surface area contributed by atoms with Gasteiger partial charge >= 0.3 is 0 Å². The van der Waals surface area contributed by atoms with Crippen molar-refractivity contribution in [1.82, 2.24) is 10.0 Å². The molecule has 0 unspecified atom stereocenters. The predicted molar refractivity (Wildman–Crippen MR) is 95.1 cm³/mol. The van der Waals surface area contributed by atoms with Gasteiger partial charge in [-0.25, -0.2) is 13.1 Å². The molecule has 0 aliphatic carbocycles. The predicted octanol–water partition coefficient (Wildman–Crippen LogP) is 2.25. The molecule has 0 aliphatic heterocycles. The Balaban J connectivity index is 1.88. The van der Waals surface area contributed by atoms with E-state index in [2.05, 4.69) is 10.0 Å². The van der Waals surface area contributed by atoms with Crippen LogP contribution in [0.25, 0.3) is 0 Å². The molecule has 0 aliphatic rings. The molecule has 2 N–H and O–H groups in total. The summed E-state index contributed by atoms with van der Waals surface area (Å²) < 4.78 is 25.3. The highest BCUT2D eigenvalue weighted by Crippen LogP contribution is 2.15. The highest BCUT2D eigenvalue weighted by atomic mass is 35.5. The molecule has 0 spiro atoms. The van der Waals surface area contributed by atoms with Gasteiger partial charge in [-0.1, -0.05) is 54.1 Å². The molecular weight excluding hydrogens is 348 g/mol. The first-order valence-corrected chi connectivity index (χ1v) is 9.42. The van der Waals surface area contributed by atoms with E-state index in [1.54, 1.807) is 30.3 Å². The lowest BCUT2D eigenvalue weighted by atomic mass is 10.1. The third-order valence-electron chi connectivity index (χ3n) is 3.49. The minimum atomic E-state index is -3.28. The molecule has 128 valence electrons. The zero-order chi connectivity index (χ0) is 17.6. The summed E-state index contributed by atoms with van der Waals surface area (Å²) in [6.45, 7) is 0.377. The average Bonchev–Trinajstić information content (AvgIpc) is 2.56. The second-order valence-electron chi connectivity index (χ2n) is 5.32. The van der Waals surface area contributed by atoms with Crippen molar-refractivity contribution in [2.75, 3.05) is 7.05 Å². The minimum absolute atomic E-state index is 0.0668. The lowest BCUT2D eigenvalue weighted by molar-refractivity contribution is -0.120. The van der Waals surface area contributed by atoms with E-state index in [1.165, 1.54) is 7.05 Å². The quantitative estimate of drug-likeness (QED) is 0.789. The lowest BCUT2D eigenvalue weighted by Gasteiger charge is -2.08. The van der Waals surface area contributed by atoms with Crippen LogP contribution in [0, 0.1) is 0 Å². The third-order valence-corrected chi connectivity index (χ3v) is 5.19. The molecule has 5 nitrogen and oxygen atoms in total. The highest BCUT2D eigenvalue weighted by molar-refractivity contribution is 7.88. The summed E-state index contributed by atoms with van der Waals surface area (Å²) in [6, 6.07) is 14.3. The zero-order valence-corrected chi connectivity index (χ0v) is 14.8. The van der Waals surface area contributed by atoms with Gasteiger partial charge in [0, 0.05) is 11.6 Å². The Morgan fingerprint density at radius 3 is 2.29 bits per heavy atom. The van der Waals surface area contributed by atoms with Crippen molar-refractivity contribution in [2.24, 2.45) is 0 Å². The van der Waals surface area contributed by atoms with Crippen LogP contribution in [0.15, 0.2) is 48.5 Å². The van der Waals surface area contributed by atoms with Crippen LogP contribution < -0.4 is 10.0 Å². The molecule has 0 atom stereocenters. The number of amides is 1. The number of halogens is 1. The molecule has 0 saturated carbocycles. The van der Waals surface area contributed by atoms with Crippen molar-refractivity contribution in [3.63, 3.8) is 0 Å². The first-order chi connectivity index (χ1) is 11.4. The summed E-state index contributed by atoms with van der Waals surface area (Å²) in [5.74, 6) is -0.187. The standard InChI is InChI=1S/C17H19ClN2O3S/c1-19-24(22,23)12-14-8-6-13(7-9-14)11-20-17(21)10-15-4-2-3-5-16(15)18/h2-9,19H,10-12H2,1H3,(H,20,21). The van der Waals surface area contributed by atoms with Gasteiger partial charge in [-0.3, -0.25) is 4.79 Å². The summed E-state index contributed by atoms with van der Waals surface area (Å²) in [5, 5.41) is 3.40. The van der Waals surface area contributed by atoms with Gasteiger partial charge in [0.2, 0.25) is 15.9 Å². The van der Waals surface area contributed by atoms with E-state index < -0.39 is 10.0 Å². The van der Waals surface area contributed by atoms with Gasteiger partial charge in [0.15, 0.2) is 0 Å². The van der Waals surface area contributed by atoms with E-state index >= 15 is 0 Å². The van der Waals surface area contributed by atoms with Gasteiger partial charge in [0.05, 0.1) is 12.2 Å². The molecule has 0 radical (unpaired) electrons. The van der Waals surface area contributed by atoms with Gasteiger partial charge < -0.3 is 5.32 Å². The van der Waals surface area contributed by atoms with Crippen LogP contribution in [0.1, 0.15) is 16.7 Å². The molecular formula is C17H19ClN2O3S. The Hall–Kier alpha value is -1.89. The maximum Gasteiger partial charge on any atom is 0.224 e. The molecule has 0 aromatic heterocycles.